The molecule has 2 saturated heterocycles. The van der Waals surface area contributed by atoms with E-state index in [1.54, 1.807) is 11.0 Å². The normalized spacial score (nSPS) is 20.5. The Morgan fingerprint density at radius 2 is 1.96 bits per heavy atom. The lowest BCUT2D eigenvalue weighted by Gasteiger charge is -2.36. The molecule has 9 nitrogen and oxygen atoms in total. The van der Waals surface area contributed by atoms with E-state index in [1.807, 2.05) is 11.0 Å². The van der Waals surface area contributed by atoms with Gasteiger partial charge in [0, 0.05) is 25.1 Å². The topological polar surface area (TPSA) is 89.3 Å². The van der Waals surface area contributed by atoms with Crippen LogP contribution in [0, 0.1) is 5.92 Å². The van der Waals surface area contributed by atoms with E-state index in [9.17, 15) is 4.79 Å². The first-order chi connectivity index (χ1) is 12.5. The van der Waals surface area contributed by atoms with Crippen LogP contribution in [-0.4, -0.2) is 67.5 Å². The summed E-state index contributed by atoms with van der Waals surface area (Å²) in [5.74, 6) is 1.78. The number of anilines is 1. The number of piperidine rings is 1. The van der Waals surface area contributed by atoms with Gasteiger partial charge < -0.3 is 14.5 Å². The second-order valence-corrected chi connectivity index (χ2v) is 7.39. The van der Waals surface area contributed by atoms with Gasteiger partial charge in [-0.25, -0.2) is 19.6 Å². The average Bonchev–Trinajstić information content (AvgIpc) is 3.31. The summed E-state index contributed by atoms with van der Waals surface area (Å²) in [4.78, 5) is 29.5. The van der Waals surface area contributed by atoms with Gasteiger partial charge in [0.25, 0.3) is 0 Å². The monoisotopic (exact) mass is 357 g/mol. The Morgan fingerprint density at radius 3 is 2.62 bits per heavy atom. The van der Waals surface area contributed by atoms with E-state index in [0.29, 0.717) is 19.2 Å². The summed E-state index contributed by atoms with van der Waals surface area (Å²) in [5.41, 5.74) is -0.215. The molecule has 9 heteroatoms. The number of aromatic nitrogens is 5. The zero-order chi connectivity index (χ0) is 18.1. The molecule has 1 amide bonds. The third kappa shape index (κ3) is 3.14. The molecule has 0 saturated carbocycles. The fourth-order valence-electron chi connectivity index (χ4n) is 3.54. The Hall–Kier alpha value is -2.55. The summed E-state index contributed by atoms with van der Waals surface area (Å²) in [5, 5.41) is 4.10. The molecule has 2 aliphatic heterocycles. The zero-order valence-corrected chi connectivity index (χ0v) is 15.1. The van der Waals surface area contributed by atoms with Crippen LogP contribution in [0.5, 0.6) is 0 Å². The third-order valence-electron chi connectivity index (χ3n) is 5.13. The summed E-state index contributed by atoms with van der Waals surface area (Å²) < 4.78 is 7.10. The van der Waals surface area contributed by atoms with E-state index in [-0.39, 0.29) is 17.4 Å². The fourth-order valence-corrected chi connectivity index (χ4v) is 3.54. The Labute approximate surface area is 152 Å². The van der Waals surface area contributed by atoms with Crippen molar-refractivity contribution in [2.75, 3.05) is 31.3 Å². The van der Waals surface area contributed by atoms with Gasteiger partial charge in [-0.2, -0.15) is 5.10 Å². The molecular formula is C17H23N7O2. The number of hydrogen-bond donors (Lipinski definition) is 0. The number of nitrogens with zero attached hydrogens (tertiary/aromatic N) is 7. The van der Waals surface area contributed by atoms with Crippen molar-refractivity contribution in [2.24, 2.45) is 5.92 Å². The van der Waals surface area contributed by atoms with Crippen molar-refractivity contribution in [2.45, 2.75) is 32.2 Å². The smallest absolute Gasteiger partial charge is 0.228 e. The summed E-state index contributed by atoms with van der Waals surface area (Å²) in [6.07, 6.45) is 6.25. The van der Waals surface area contributed by atoms with Crippen molar-refractivity contribution in [3.05, 3.63) is 25.0 Å². The molecule has 4 heterocycles. The van der Waals surface area contributed by atoms with Crippen LogP contribution < -0.4 is 4.90 Å². The third-order valence-corrected chi connectivity index (χ3v) is 5.13. The molecule has 0 N–H and O–H groups in total. The highest BCUT2D eigenvalue weighted by Crippen LogP contribution is 2.29. The first kappa shape index (κ1) is 16.9. The van der Waals surface area contributed by atoms with E-state index < -0.39 is 0 Å². The number of carbonyl (C=O) groups is 1. The summed E-state index contributed by atoms with van der Waals surface area (Å²) in [7, 11) is 0. The van der Waals surface area contributed by atoms with Gasteiger partial charge in [-0.1, -0.05) is 0 Å². The van der Waals surface area contributed by atoms with Crippen LogP contribution in [0.25, 0.3) is 5.82 Å². The zero-order valence-electron chi connectivity index (χ0n) is 15.1. The van der Waals surface area contributed by atoms with Crippen LogP contribution in [-0.2, 0) is 9.53 Å². The van der Waals surface area contributed by atoms with Gasteiger partial charge >= 0.3 is 0 Å². The molecule has 26 heavy (non-hydrogen) atoms. The van der Waals surface area contributed by atoms with Crippen molar-refractivity contribution >= 4 is 11.7 Å². The van der Waals surface area contributed by atoms with E-state index in [4.69, 9.17) is 4.74 Å². The van der Waals surface area contributed by atoms with Gasteiger partial charge in [0.05, 0.1) is 12.1 Å². The maximum atomic E-state index is 12.9. The second-order valence-electron chi connectivity index (χ2n) is 7.39. The summed E-state index contributed by atoms with van der Waals surface area (Å²) >= 11 is 0. The molecule has 0 radical (unpaired) electrons. The van der Waals surface area contributed by atoms with Crippen molar-refractivity contribution in [1.29, 1.82) is 0 Å². The molecule has 138 valence electrons. The molecule has 2 aromatic heterocycles. The van der Waals surface area contributed by atoms with Crippen LogP contribution in [0.3, 0.4) is 0 Å². The van der Waals surface area contributed by atoms with E-state index >= 15 is 0 Å². The molecule has 2 aliphatic rings. The number of ether oxygens (including phenoxy) is 1. The van der Waals surface area contributed by atoms with Gasteiger partial charge in [0.15, 0.2) is 5.82 Å². The molecular weight excluding hydrogens is 334 g/mol. The highest BCUT2D eigenvalue weighted by molar-refractivity contribution is 5.80. The van der Waals surface area contributed by atoms with Crippen LogP contribution in [0.2, 0.25) is 0 Å². The maximum Gasteiger partial charge on any atom is 0.228 e. The molecule has 2 fully saturated rings. The molecule has 0 spiro atoms. The number of carbonyl (C=O) groups excluding carboxylic acids is 1. The molecule has 0 aromatic carbocycles. The fraction of sp³-hybridized carbons (Fsp3) is 0.588. The first-order valence-electron chi connectivity index (χ1n) is 8.86. The van der Waals surface area contributed by atoms with Gasteiger partial charge in [0.1, 0.15) is 31.5 Å². The Morgan fingerprint density at radius 1 is 1.19 bits per heavy atom. The van der Waals surface area contributed by atoms with Crippen molar-refractivity contribution < 1.29 is 9.53 Å². The molecule has 0 bridgehead atoms. The van der Waals surface area contributed by atoms with Crippen molar-refractivity contribution in [3.63, 3.8) is 0 Å². The number of rotatable bonds is 3. The van der Waals surface area contributed by atoms with E-state index in [2.05, 4.69) is 38.8 Å². The Kier molecular flexibility index (Phi) is 4.31. The van der Waals surface area contributed by atoms with Gasteiger partial charge in [-0.3, -0.25) is 4.79 Å². The first-order valence-corrected chi connectivity index (χ1v) is 8.86. The largest absolute Gasteiger partial charge is 0.359 e. The minimum absolute atomic E-state index is 0.0452. The lowest BCUT2D eigenvalue weighted by atomic mass is 9.93. The average molecular weight is 357 g/mol. The van der Waals surface area contributed by atoms with Crippen LogP contribution in [0.4, 0.5) is 5.82 Å². The molecule has 2 aromatic rings. The minimum atomic E-state index is -0.215. The van der Waals surface area contributed by atoms with Gasteiger partial charge in [0.2, 0.25) is 5.91 Å². The van der Waals surface area contributed by atoms with Gasteiger partial charge in [-0.15, -0.1) is 0 Å². The maximum absolute atomic E-state index is 12.9. The van der Waals surface area contributed by atoms with Crippen molar-refractivity contribution in [3.8, 4) is 5.82 Å². The summed E-state index contributed by atoms with van der Waals surface area (Å²) in [6, 6.07) is 1.90. The lowest BCUT2D eigenvalue weighted by Crippen LogP contribution is -2.49. The van der Waals surface area contributed by atoms with Gasteiger partial charge in [-0.05, 0) is 26.7 Å². The van der Waals surface area contributed by atoms with Crippen molar-refractivity contribution in [1.82, 2.24) is 29.6 Å². The predicted molar refractivity (Wildman–Crippen MR) is 93.6 cm³/mol. The quantitative estimate of drug-likeness (QED) is 0.805. The standard InChI is InChI=1S/C17H23N7O2/c1-17(2)8-26-12-23(17)16(25)13-3-5-22(6-4-13)14-7-15(20-10-19-14)24-11-18-9-21-24/h7,9-11,13H,3-6,8,12H2,1-2H3. The molecule has 0 unspecified atom stereocenters. The lowest BCUT2D eigenvalue weighted by molar-refractivity contribution is -0.140. The highest BCUT2D eigenvalue weighted by Gasteiger charge is 2.40. The predicted octanol–water partition coefficient (Wildman–Crippen LogP) is 0.869. The van der Waals surface area contributed by atoms with Crippen LogP contribution in [0.1, 0.15) is 26.7 Å². The Balaban J connectivity index is 1.41. The molecule has 4 rings (SSSR count). The Bertz CT molecular complexity index is 769. The SMILES string of the molecule is CC1(C)COCN1C(=O)C1CCN(c2cc(-n3cncn3)ncn2)CC1. The van der Waals surface area contributed by atoms with E-state index in [0.717, 1.165) is 31.7 Å². The number of amides is 1. The number of hydrogen-bond acceptors (Lipinski definition) is 7. The van der Waals surface area contributed by atoms with E-state index in [1.165, 1.54) is 12.7 Å². The molecule has 0 atom stereocenters. The minimum Gasteiger partial charge on any atom is -0.359 e. The second kappa shape index (κ2) is 6.64. The van der Waals surface area contributed by atoms with Crippen LogP contribution >= 0.6 is 0 Å². The highest BCUT2D eigenvalue weighted by atomic mass is 16.5. The summed E-state index contributed by atoms with van der Waals surface area (Å²) in [6.45, 7) is 6.70. The molecule has 0 aliphatic carbocycles. The van der Waals surface area contributed by atoms with Crippen LogP contribution in [0.15, 0.2) is 25.0 Å².